The van der Waals surface area contributed by atoms with Crippen LogP contribution in [0.3, 0.4) is 0 Å². The SMILES string of the molecule is O=C(NC(Cc1ccccc1)C(=O)OCc1ccc([N+](=O)[O-])cc1)c1ccc(Cl)cc1. The molecule has 0 aliphatic heterocycles. The number of halogens is 1. The van der Waals surface area contributed by atoms with E-state index in [4.69, 9.17) is 16.3 Å². The van der Waals surface area contributed by atoms with Crippen LogP contribution in [0.4, 0.5) is 5.69 Å². The number of non-ortho nitro benzene ring substituents is 1. The van der Waals surface area contributed by atoms with Crippen LogP contribution < -0.4 is 5.32 Å². The molecule has 158 valence electrons. The van der Waals surface area contributed by atoms with E-state index in [2.05, 4.69) is 5.32 Å². The summed E-state index contributed by atoms with van der Waals surface area (Å²) in [6.45, 7) is -0.0705. The summed E-state index contributed by atoms with van der Waals surface area (Å²) in [7, 11) is 0. The summed E-state index contributed by atoms with van der Waals surface area (Å²) in [5.74, 6) is -1.03. The maximum absolute atomic E-state index is 12.8. The quantitative estimate of drug-likeness (QED) is 0.320. The lowest BCUT2D eigenvalue weighted by atomic mass is 10.1. The second-order valence-corrected chi connectivity index (χ2v) is 7.19. The van der Waals surface area contributed by atoms with Crippen LogP contribution >= 0.6 is 11.6 Å². The summed E-state index contributed by atoms with van der Waals surface area (Å²) < 4.78 is 5.37. The van der Waals surface area contributed by atoms with Crippen molar-refractivity contribution in [1.29, 1.82) is 0 Å². The molecule has 3 aromatic rings. The second kappa shape index (κ2) is 10.4. The predicted molar refractivity (Wildman–Crippen MR) is 116 cm³/mol. The summed E-state index contributed by atoms with van der Waals surface area (Å²) in [4.78, 5) is 35.6. The fraction of sp³-hybridized carbons (Fsp3) is 0.130. The number of nitrogens with one attached hydrogen (secondary N) is 1. The van der Waals surface area contributed by atoms with Gasteiger partial charge < -0.3 is 10.1 Å². The summed E-state index contributed by atoms with van der Waals surface area (Å²) >= 11 is 5.86. The highest BCUT2D eigenvalue weighted by atomic mass is 35.5. The molecule has 0 saturated heterocycles. The van der Waals surface area contributed by atoms with Crippen molar-refractivity contribution in [2.75, 3.05) is 0 Å². The van der Waals surface area contributed by atoms with E-state index in [-0.39, 0.29) is 18.7 Å². The first kappa shape index (κ1) is 22.0. The first-order chi connectivity index (χ1) is 14.9. The number of nitrogens with zero attached hydrogens (tertiary/aromatic N) is 1. The van der Waals surface area contributed by atoms with Crippen molar-refractivity contribution in [2.24, 2.45) is 0 Å². The Morgan fingerprint density at radius 3 is 2.19 bits per heavy atom. The van der Waals surface area contributed by atoms with Crippen molar-refractivity contribution in [2.45, 2.75) is 19.1 Å². The minimum Gasteiger partial charge on any atom is -0.459 e. The molecule has 0 aromatic heterocycles. The molecule has 0 saturated carbocycles. The Bertz CT molecular complexity index is 1050. The maximum Gasteiger partial charge on any atom is 0.329 e. The van der Waals surface area contributed by atoms with Gasteiger partial charge in [0.05, 0.1) is 4.92 Å². The van der Waals surface area contributed by atoms with Crippen LogP contribution in [0.1, 0.15) is 21.5 Å². The third kappa shape index (κ3) is 6.38. The van der Waals surface area contributed by atoms with Gasteiger partial charge in [0.25, 0.3) is 11.6 Å². The number of carbonyl (C=O) groups excluding carboxylic acids is 2. The molecular formula is C23H19ClN2O5. The molecule has 0 fully saturated rings. The van der Waals surface area contributed by atoms with E-state index < -0.39 is 22.8 Å². The van der Waals surface area contributed by atoms with Gasteiger partial charge in [0.15, 0.2) is 0 Å². The number of nitro groups is 1. The number of esters is 1. The lowest BCUT2D eigenvalue weighted by Crippen LogP contribution is -2.43. The van der Waals surface area contributed by atoms with Gasteiger partial charge in [-0.25, -0.2) is 4.79 Å². The van der Waals surface area contributed by atoms with Crippen LogP contribution in [0.25, 0.3) is 0 Å². The van der Waals surface area contributed by atoms with Crippen LogP contribution in [0, 0.1) is 10.1 Å². The largest absolute Gasteiger partial charge is 0.459 e. The Morgan fingerprint density at radius 2 is 1.58 bits per heavy atom. The molecule has 0 spiro atoms. The summed E-state index contributed by atoms with van der Waals surface area (Å²) in [6.07, 6.45) is 0.249. The number of amides is 1. The number of benzene rings is 3. The summed E-state index contributed by atoms with van der Waals surface area (Å²) in [5, 5.41) is 14.0. The minimum absolute atomic E-state index is 0.0488. The van der Waals surface area contributed by atoms with E-state index in [0.717, 1.165) is 5.56 Å². The normalized spacial score (nSPS) is 11.4. The van der Waals surface area contributed by atoms with Gasteiger partial charge in [0, 0.05) is 29.1 Å². The molecule has 7 nitrogen and oxygen atoms in total. The molecule has 1 unspecified atom stereocenters. The third-order valence-electron chi connectivity index (χ3n) is 4.51. The van der Waals surface area contributed by atoms with E-state index >= 15 is 0 Å². The van der Waals surface area contributed by atoms with Crippen LogP contribution in [-0.2, 0) is 22.6 Å². The molecule has 0 radical (unpaired) electrons. The van der Waals surface area contributed by atoms with Gasteiger partial charge in [0.1, 0.15) is 12.6 Å². The van der Waals surface area contributed by atoms with E-state index in [1.165, 1.54) is 24.3 Å². The van der Waals surface area contributed by atoms with Crippen molar-refractivity contribution < 1.29 is 19.2 Å². The first-order valence-corrected chi connectivity index (χ1v) is 9.80. The average Bonchev–Trinajstić information content (AvgIpc) is 2.78. The third-order valence-corrected chi connectivity index (χ3v) is 4.76. The minimum atomic E-state index is -0.913. The Kier molecular flexibility index (Phi) is 7.35. The van der Waals surface area contributed by atoms with Gasteiger partial charge in [0.2, 0.25) is 0 Å². The van der Waals surface area contributed by atoms with Crippen LogP contribution in [0.5, 0.6) is 0 Å². The molecule has 8 heteroatoms. The van der Waals surface area contributed by atoms with Gasteiger partial charge in [-0.15, -0.1) is 0 Å². The molecule has 0 aliphatic rings. The Morgan fingerprint density at radius 1 is 0.935 bits per heavy atom. The molecule has 31 heavy (non-hydrogen) atoms. The van der Waals surface area contributed by atoms with Gasteiger partial charge in [-0.2, -0.15) is 0 Å². The van der Waals surface area contributed by atoms with Gasteiger partial charge in [-0.05, 0) is 47.5 Å². The molecule has 1 atom stereocenters. The zero-order valence-electron chi connectivity index (χ0n) is 16.4. The first-order valence-electron chi connectivity index (χ1n) is 9.42. The summed E-state index contributed by atoms with van der Waals surface area (Å²) in [6, 6.07) is 20.4. The highest BCUT2D eigenvalue weighted by Gasteiger charge is 2.23. The molecule has 0 heterocycles. The standard InChI is InChI=1S/C23H19ClN2O5/c24-19-10-8-18(9-11-19)22(27)25-21(14-16-4-2-1-3-5-16)23(28)31-15-17-6-12-20(13-7-17)26(29)30/h1-13,21H,14-15H2,(H,25,27). The number of carbonyl (C=O) groups is 2. The van der Waals surface area contributed by atoms with Gasteiger partial charge >= 0.3 is 5.97 Å². The van der Waals surface area contributed by atoms with Gasteiger partial charge in [-0.1, -0.05) is 41.9 Å². The number of hydrogen-bond donors (Lipinski definition) is 1. The Balaban J connectivity index is 1.70. The lowest BCUT2D eigenvalue weighted by Gasteiger charge is -2.18. The van der Waals surface area contributed by atoms with Crippen molar-refractivity contribution in [1.82, 2.24) is 5.32 Å². The Hall–Kier alpha value is -3.71. The number of ether oxygens (including phenoxy) is 1. The fourth-order valence-corrected chi connectivity index (χ4v) is 2.98. The number of rotatable bonds is 8. The molecular weight excluding hydrogens is 420 g/mol. The van der Waals surface area contributed by atoms with E-state index in [1.807, 2.05) is 30.3 Å². The smallest absolute Gasteiger partial charge is 0.329 e. The second-order valence-electron chi connectivity index (χ2n) is 6.75. The molecule has 3 rings (SSSR count). The summed E-state index contributed by atoms with van der Waals surface area (Å²) in [5.41, 5.74) is 1.77. The highest BCUT2D eigenvalue weighted by Crippen LogP contribution is 2.14. The molecule has 0 aliphatic carbocycles. The maximum atomic E-state index is 12.8. The number of hydrogen-bond acceptors (Lipinski definition) is 5. The molecule has 0 bridgehead atoms. The van der Waals surface area contributed by atoms with E-state index in [1.54, 1.807) is 24.3 Å². The highest BCUT2D eigenvalue weighted by molar-refractivity contribution is 6.30. The van der Waals surface area contributed by atoms with Crippen molar-refractivity contribution in [3.05, 3.63) is 111 Å². The van der Waals surface area contributed by atoms with Crippen molar-refractivity contribution >= 4 is 29.2 Å². The molecule has 1 N–H and O–H groups in total. The number of nitro benzene ring substituents is 1. The van der Waals surface area contributed by atoms with Crippen molar-refractivity contribution in [3.63, 3.8) is 0 Å². The Labute approximate surface area is 183 Å². The fourth-order valence-electron chi connectivity index (χ4n) is 2.85. The van der Waals surface area contributed by atoms with Crippen molar-refractivity contribution in [3.8, 4) is 0 Å². The monoisotopic (exact) mass is 438 g/mol. The van der Waals surface area contributed by atoms with Crippen LogP contribution in [0.2, 0.25) is 5.02 Å². The topological polar surface area (TPSA) is 98.5 Å². The van der Waals surface area contributed by atoms with E-state index in [0.29, 0.717) is 16.1 Å². The van der Waals surface area contributed by atoms with Crippen LogP contribution in [-0.4, -0.2) is 22.8 Å². The zero-order chi connectivity index (χ0) is 22.2. The predicted octanol–water partition coefficient (Wildman–Crippen LogP) is 4.33. The van der Waals surface area contributed by atoms with Gasteiger partial charge in [-0.3, -0.25) is 14.9 Å². The average molecular weight is 439 g/mol. The lowest BCUT2D eigenvalue weighted by molar-refractivity contribution is -0.384. The van der Waals surface area contributed by atoms with Crippen LogP contribution in [0.15, 0.2) is 78.9 Å². The molecule has 1 amide bonds. The van der Waals surface area contributed by atoms with E-state index in [9.17, 15) is 19.7 Å². The zero-order valence-corrected chi connectivity index (χ0v) is 17.1. The molecule has 3 aromatic carbocycles.